The van der Waals surface area contributed by atoms with Gasteiger partial charge in [-0.15, -0.1) is 0 Å². The molecule has 0 saturated carbocycles. The number of aryl methyl sites for hydroxylation is 1. The summed E-state index contributed by atoms with van der Waals surface area (Å²) in [6.07, 6.45) is 1.48. The van der Waals surface area contributed by atoms with E-state index in [9.17, 15) is 18.0 Å². The summed E-state index contributed by atoms with van der Waals surface area (Å²) in [5, 5.41) is 0. The van der Waals surface area contributed by atoms with E-state index in [1.54, 1.807) is 11.9 Å². The van der Waals surface area contributed by atoms with Crippen molar-refractivity contribution in [2.75, 3.05) is 30.0 Å². The summed E-state index contributed by atoms with van der Waals surface area (Å²) in [6, 6.07) is 7.47. The lowest BCUT2D eigenvalue weighted by atomic mass is 10.1. The number of amides is 2. The SMILES string of the molecule is CCc1ccccc1N1CC(C(=O)N(C)C2CCS(=O)(=O)C2)CC1=O. The number of para-hydroxylation sites is 1. The first-order valence-corrected chi connectivity index (χ1v) is 10.5. The van der Waals surface area contributed by atoms with Gasteiger partial charge in [0.2, 0.25) is 11.8 Å². The topological polar surface area (TPSA) is 74.8 Å². The fraction of sp³-hybridized carbons (Fsp3) is 0.556. The van der Waals surface area contributed by atoms with Gasteiger partial charge in [0.05, 0.1) is 17.4 Å². The maximum Gasteiger partial charge on any atom is 0.228 e. The molecule has 3 rings (SSSR count). The van der Waals surface area contributed by atoms with E-state index in [1.807, 2.05) is 31.2 Å². The molecule has 0 spiro atoms. The third-order valence-corrected chi connectivity index (χ3v) is 6.99. The van der Waals surface area contributed by atoms with Crippen LogP contribution in [0.2, 0.25) is 0 Å². The second-order valence-corrected chi connectivity index (χ2v) is 9.12. The van der Waals surface area contributed by atoms with Crippen LogP contribution in [0.4, 0.5) is 5.69 Å². The van der Waals surface area contributed by atoms with Crippen molar-refractivity contribution in [3.05, 3.63) is 29.8 Å². The van der Waals surface area contributed by atoms with Crippen LogP contribution >= 0.6 is 0 Å². The van der Waals surface area contributed by atoms with Gasteiger partial charge in [0.15, 0.2) is 9.84 Å². The van der Waals surface area contributed by atoms with Gasteiger partial charge in [-0.2, -0.15) is 0 Å². The molecular weight excluding hydrogens is 340 g/mol. The van der Waals surface area contributed by atoms with E-state index in [4.69, 9.17) is 0 Å². The van der Waals surface area contributed by atoms with Gasteiger partial charge >= 0.3 is 0 Å². The molecule has 0 bridgehead atoms. The molecule has 1 aromatic carbocycles. The summed E-state index contributed by atoms with van der Waals surface area (Å²) in [7, 11) is -1.39. The minimum Gasteiger partial charge on any atom is -0.341 e. The average Bonchev–Trinajstić information content (AvgIpc) is 3.15. The summed E-state index contributed by atoms with van der Waals surface area (Å²) >= 11 is 0. The van der Waals surface area contributed by atoms with Crippen molar-refractivity contribution in [3.8, 4) is 0 Å². The summed E-state index contributed by atoms with van der Waals surface area (Å²) in [4.78, 5) is 28.5. The van der Waals surface area contributed by atoms with Crippen LogP contribution in [0.1, 0.15) is 25.3 Å². The molecule has 2 saturated heterocycles. The van der Waals surface area contributed by atoms with E-state index in [0.29, 0.717) is 13.0 Å². The number of sulfone groups is 1. The molecule has 0 radical (unpaired) electrons. The third-order valence-electron chi connectivity index (χ3n) is 5.24. The molecule has 2 amide bonds. The lowest BCUT2D eigenvalue weighted by Gasteiger charge is -2.26. The Morgan fingerprint density at radius 2 is 2.04 bits per heavy atom. The van der Waals surface area contributed by atoms with Gasteiger partial charge in [-0.25, -0.2) is 8.42 Å². The predicted molar refractivity (Wildman–Crippen MR) is 96.1 cm³/mol. The zero-order valence-electron chi connectivity index (χ0n) is 14.6. The minimum absolute atomic E-state index is 0.0261. The van der Waals surface area contributed by atoms with Crippen molar-refractivity contribution in [1.29, 1.82) is 0 Å². The second-order valence-electron chi connectivity index (χ2n) is 6.89. The van der Waals surface area contributed by atoms with E-state index in [2.05, 4.69) is 0 Å². The first-order chi connectivity index (χ1) is 11.8. The Bertz CT molecular complexity index is 790. The zero-order chi connectivity index (χ0) is 18.2. The molecule has 25 heavy (non-hydrogen) atoms. The van der Waals surface area contributed by atoms with Gasteiger partial charge in [0.1, 0.15) is 0 Å². The third kappa shape index (κ3) is 3.56. The molecule has 2 fully saturated rings. The van der Waals surface area contributed by atoms with Gasteiger partial charge < -0.3 is 9.80 Å². The standard InChI is InChI=1S/C18H24N2O4S/c1-3-13-6-4-5-7-16(13)20-11-14(10-17(20)21)18(22)19(2)15-8-9-25(23,24)12-15/h4-7,14-15H,3,8-12H2,1-2H3. The molecule has 136 valence electrons. The molecule has 0 N–H and O–H groups in total. The molecule has 7 heteroatoms. The van der Waals surface area contributed by atoms with E-state index in [0.717, 1.165) is 17.7 Å². The predicted octanol–water partition coefficient (Wildman–Crippen LogP) is 1.25. The fourth-order valence-electron chi connectivity index (χ4n) is 3.73. The van der Waals surface area contributed by atoms with Crippen LogP contribution in [0, 0.1) is 5.92 Å². The highest BCUT2D eigenvalue weighted by Crippen LogP contribution is 2.30. The van der Waals surface area contributed by atoms with Crippen LogP contribution in [0.25, 0.3) is 0 Å². The van der Waals surface area contributed by atoms with Crippen LogP contribution in [0.3, 0.4) is 0 Å². The van der Waals surface area contributed by atoms with Crippen LogP contribution < -0.4 is 4.90 Å². The molecule has 1 aromatic rings. The molecule has 2 aliphatic rings. The Hall–Kier alpha value is -1.89. The van der Waals surface area contributed by atoms with Gasteiger partial charge in [0.25, 0.3) is 0 Å². The lowest BCUT2D eigenvalue weighted by Crippen LogP contribution is -2.42. The number of rotatable bonds is 4. The smallest absolute Gasteiger partial charge is 0.228 e. The number of nitrogens with zero attached hydrogens (tertiary/aromatic N) is 2. The monoisotopic (exact) mass is 364 g/mol. The van der Waals surface area contributed by atoms with Gasteiger partial charge in [0, 0.05) is 31.7 Å². The molecule has 0 aromatic heterocycles. The second kappa shape index (κ2) is 6.78. The van der Waals surface area contributed by atoms with Crippen molar-refractivity contribution in [2.24, 2.45) is 5.92 Å². The molecule has 2 heterocycles. The summed E-state index contributed by atoms with van der Waals surface area (Å²) in [5.41, 5.74) is 1.95. The maximum atomic E-state index is 12.8. The van der Waals surface area contributed by atoms with E-state index in [1.165, 1.54) is 4.90 Å². The van der Waals surface area contributed by atoms with Crippen LogP contribution in [0.5, 0.6) is 0 Å². The highest BCUT2D eigenvalue weighted by molar-refractivity contribution is 7.91. The summed E-state index contributed by atoms with van der Waals surface area (Å²) in [6.45, 7) is 2.40. The minimum atomic E-state index is -3.04. The van der Waals surface area contributed by atoms with Crippen LogP contribution in [0.15, 0.2) is 24.3 Å². The molecule has 2 atom stereocenters. The molecule has 6 nitrogen and oxygen atoms in total. The Morgan fingerprint density at radius 1 is 1.32 bits per heavy atom. The van der Waals surface area contributed by atoms with Crippen molar-refractivity contribution in [1.82, 2.24) is 4.90 Å². The zero-order valence-corrected chi connectivity index (χ0v) is 15.5. The largest absolute Gasteiger partial charge is 0.341 e. The highest BCUT2D eigenvalue weighted by Gasteiger charge is 2.40. The van der Waals surface area contributed by atoms with Crippen LogP contribution in [-0.2, 0) is 25.8 Å². The van der Waals surface area contributed by atoms with Crippen molar-refractivity contribution in [2.45, 2.75) is 32.2 Å². The quantitative estimate of drug-likeness (QED) is 0.806. The fourth-order valence-corrected chi connectivity index (χ4v) is 5.50. The van der Waals surface area contributed by atoms with E-state index < -0.39 is 15.8 Å². The summed E-state index contributed by atoms with van der Waals surface area (Å²) in [5.74, 6) is -0.433. The van der Waals surface area contributed by atoms with Gasteiger partial charge in [-0.1, -0.05) is 25.1 Å². The maximum absolute atomic E-state index is 12.8. The molecule has 0 aliphatic carbocycles. The average molecular weight is 364 g/mol. The number of hydrogen-bond acceptors (Lipinski definition) is 4. The number of carbonyl (C=O) groups excluding carboxylic acids is 2. The first kappa shape index (κ1) is 17.9. The summed E-state index contributed by atoms with van der Waals surface area (Å²) < 4.78 is 23.3. The Morgan fingerprint density at radius 3 is 2.68 bits per heavy atom. The Labute approximate surface area is 148 Å². The molecule has 2 aliphatic heterocycles. The van der Waals surface area contributed by atoms with Crippen molar-refractivity contribution < 1.29 is 18.0 Å². The molecular formula is C18H24N2O4S. The van der Waals surface area contributed by atoms with Crippen LogP contribution in [-0.4, -0.2) is 56.3 Å². The normalized spacial score (nSPS) is 25.4. The number of carbonyl (C=O) groups is 2. The number of benzene rings is 1. The van der Waals surface area contributed by atoms with E-state index in [-0.39, 0.29) is 35.8 Å². The van der Waals surface area contributed by atoms with Crippen molar-refractivity contribution >= 4 is 27.3 Å². The number of hydrogen-bond donors (Lipinski definition) is 0. The van der Waals surface area contributed by atoms with E-state index >= 15 is 0 Å². The number of anilines is 1. The van der Waals surface area contributed by atoms with Gasteiger partial charge in [-0.05, 0) is 24.5 Å². The first-order valence-electron chi connectivity index (χ1n) is 8.67. The Kier molecular flexibility index (Phi) is 4.86. The Balaban J connectivity index is 1.73. The lowest BCUT2D eigenvalue weighted by molar-refractivity contribution is -0.136. The van der Waals surface area contributed by atoms with Gasteiger partial charge in [-0.3, -0.25) is 9.59 Å². The van der Waals surface area contributed by atoms with Crippen molar-refractivity contribution in [3.63, 3.8) is 0 Å². The molecule has 2 unspecified atom stereocenters. The highest BCUT2D eigenvalue weighted by atomic mass is 32.2.